The summed E-state index contributed by atoms with van der Waals surface area (Å²) in [5, 5.41) is 5.34. The lowest BCUT2D eigenvalue weighted by Crippen LogP contribution is -2.33. The summed E-state index contributed by atoms with van der Waals surface area (Å²) in [5.74, 6) is 0.162. The summed E-state index contributed by atoms with van der Waals surface area (Å²) < 4.78 is 13.3. The van der Waals surface area contributed by atoms with Gasteiger partial charge in [0, 0.05) is 6.54 Å². The highest BCUT2D eigenvalue weighted by Crippen LogP contribution is 2.22. The molecule has 1 saturated carbocycles. The van der Waals surface area contributed by atoms with Gasteiger partial charge in [0.1, 0.15) is 5.82 Å². The number of anilines is 1. The molecule has 4 heteroatoms. The molecule has 1 aliphatic carbocycles. The predicted octanol–water partition coefficient (Wildman–Crippen LogP) is 3.53. The van der Waals surface area contributed by atoms with Crippen molar-refractivity contribution in [2.45, 2.75) is 32.1 Å². The fourth-order valence-corrected chi connectivity index (χ4v) is 2.36. The number of para-hydroxylation sites is 1. The van der Waals surface area contributed by atoms with E-state index < -0.39 is 5.82 Å². The molecule has 1 aliphatic rings. The standard InChI is InChI=1S/C14H19FN2O/c15-12-8-4-5-9-13(12)17-14(18)16-10-11-6-2-1-3-7-11/h4-5,8-9,11H,1-3,6-7,10H2,(H2,16,17,18). The first-order valence-electron chi connectivity index (χ1n) is 6.55. The summed E-state index contributed by atoms with van der Waals surface area (Å²) in [4.78, 5) is 11.6. The Morgan fingerprint density at radius 2 is 1.94 bits per heavy atom. The molecule has 2 rings (SSSR count). The molecule has 0 unspecified atom stereocenters. The second-order valence-electron chi connectivity index (χ2n) is 4.82. The molecule has 0 aliphatic heterocycles. The van der Waals surface area contributed by atoms with Crippen LogP contribution in [0.3, 0.4) is 0 Å². The molecule has 1 aromatic rings. The number of hydrogen-bond acceptors (Lipinski definition) is 1. The van der Waals surface area contributed by atoms with Crippen molar-refractivity contribution in [2.24, 2.45) is 5.92 Å². The zero-order chi connectivity index (χ0) is 12.8. The maximum Gasteiger partial charge on any atom is 0.319 e. The van der Waals surface area contributed by atoms with Crippen LogP contribution in [0.15, 0.2) is 24.3 Å². The molecule has 0 heterocycles. The topological polar surface area (TPSA) is 41.1 Å². The first kappa shape index (κ1) is 12.9. The van der Waals surface area contributed by atoms with Crippen molar-refractivity contribution in [1.82, 2.24) is 5.32 Å². The highest BCUT2D eigenvalue weighted by atomic mass is 19.1. The predicted molar refractivity (Wildman–Crippen MR) is 70.0 cm³/mol. The van der Waals surface area contributed by atoms with E-state index in [1.54, 1.807) is 18.2 Å². The summed E-state index contributed by atoms with van der Waals surface area (Å²) in [6.07, 6.45) is 6.17. The van der Waals surface area contributed by atoms with Crippen LogP contribution in [0.25, 0.3) is 0 Å². The summed E-state index contributed by atoms with van der Waals surface area (Å²) in [6.45, 7) is 0.681. The molecule has 0 bridgehead atoms. The number of carbonyl (C=O) groups is 1. The van der Waals surface area contributed by atoms with Crippen LogP contribution in [0.2, 0.25) is 0 Å². The number of amides is 2. The Labute approximate surface area is 107 Å². The van der Waals surface area contributed by atoms with Gasteiger partial charge in [0.2, 0.25) is 0 Å². The Kier molecular flexibility index (Phi) is 4.56. The molecule has 18 heavy (non-hydrogen) atoms. The molecule has 0 radical (unpaired) electrons. The van der Waals surface area contributed by atoms with E-state index >= 15 is 0 Å². The Morgan fingerprint density at radius 3 is 2.67 bits per heavy atom. The first-order chi connectivity index (χ1) is 8.75. The van der Waals surface area contributed by atoms with Gasteiger partial charge in [-0.15, -0.1) is 0 Å². The van der Waals surface area contributed by atoms with Gasteiger partial charge in [-0.3, -0.25) is 0 Å². The van der Waals surface area contributed by atoms with Crippen LogP contribution in [0, 0.1) is 11.7 Å². The zero-order valence-electron chi connectivity index (χ0n) is 10.4. The summed E-state index contributed by atoms with van der Waals surface area (Å²) in [6, 6.07) is 5.85. The van der Waals surface area contributed by atoms with Crippen LogP contribution in [0.1, 0.15) is 32.1 Å². The van der Waals surface area contributed by atoms with Gasteiger partial charge < -0.3 is 10.6 Å². The van der Waals surface area contributed by atoms with Crippen LogP contribution in [0.5, 0.6) is 0 Å². The van der Waals surface area contributed by atoms with Crippen molar-refractivity contribution in [3.8, 4) is 0 Å². The van der Waals surface area contributed by atoms with E-state index in [-0.39, 0.29) is 11.7 Å². The third kappa shape index (κ3) is 3.72. The molecule has 0 aromatic heterocycles. The molecule has 0 spiro atoms. The Hall–Kier alpha value is -1.58. The molecule has 1 aromatic carbocycles. The molecule has 0 saturated heterocycles. The first-order valence-corrected chi connectivity index (χ1v) is 6.55. The smallest absolute Gasteiger partial charge is 0.319 e. The van der Waals surface area contributed by atoms with Crippen molar-refractivity contribution in [1.29, 1.82) is 0 Å². The Balaban J connectivity index is 1.76. The molecule has 98 valence electrons. The Morgan fingerprint density at radius 1 is 1.22 bits per heavy atom. The third-order valence-corrected chi connectivity index (χ3v) is 3.40. The van der Waals surface area contributed by atoms with Gasteiger partial charge in [-0.1, -0.05) is 31.4 Å². The number of hydrogen-bond donors (Lipinski definition) is 2. The molecule has 3 nitrogen and oxygen atoms in total. The highest BCUT2D eigenvalue weighted by Gasteiger charge is 2.14. The third-order valence-electron chi connectivity index (χ3n) is 3.40. The average Bonchev–Trinajstić information content (AvgIpc) is 2.40. The minimum absolute atomic E-state index is 0.221. The molecule has 2 amide bonds. The number of benzene rings is 1. The number of carbonyl (C=O) groups excluding carboxylic acids is 1. The van der Waals surface area contributed by atoms with Crippen LogP contribution < -0.4 is 10.6 Å². The summed E-state index contributed by atoms with van der Waals surface area (Å²) in [5.41, 5.74) is 0.221. The van der Waals surface area contributed by atoms with E-state index in [1.165, 1.54) is 38.2 Å². The van der Waals surface area contributed by atoms with Crippen LogP contribution in [0.4, 0.5) is 14.9 Å². The lowest BCUT2D eigenvalue weighted by atomic mass is 9.89. The highest BCUT2D eigenvalue weighted by molar-refractivity contribution is 5.89. The van der Waals surface area contributed by atoms with Gasteiger partial charge in [0.25, 0.3) is 0 Å². The van der Waals surface area contributed by atoms with Crippen molar-refractivity contribution in [3.63, 3.8) is 0 Å². The van der Waals surface area contributed by atoms with E-state index in [9.17, 15) is 9.18 Å². The summed E-state index contributed by atoms with van der Waals surface area (Å²) >= 11 is 0. The van der Waals surface area contributed by atoms with Crippen LogP contribution in [-0.4, -0.2) is 12.6 Å². The van der Waals surface area contributed by atoms with E-state index in [4.69, 9.17) is 0 Å². The van der Waals surface area contributed by atoms with Crippen LogP contribution in [-0.2, 0) is 0 Å². The minimum Gasteiger partial charge on any atom is -0.338 e. The van der Waals surface area contributed by atoms with Crippen molar-refractivity contribution in [3.05, 3.63) is 30.1 Å². The minimum atomic E-state index is -0.412. The largest absolute Gasteiger partial charge is 0.338 e. The number of nitrogens with one attached hydrogen (secondary N) is 2. The maximum absolute atomic E-state index is 13.3. The molecule has 2 N–H and O–H groups in total. The number of urea groups is 1. The maximum atomic E-state index is 13.3. The quantitative estimate of drug-likeness (QED) is 0.846. The number of rotatable bonds is 3. The van der Waals surface area contributed by atoms with Gasteiger partial charge in [0.05, 0.1) is 5.69 Å². The van der Waals surface area contributed by atoms with E-state index in [1.807, 2.05) is 0 Å². The number of halogens is 1. The monoisotopic (exact) mass is 250 g/mol. The second kappa shape index (κ2) is 6.38. The fourth-order valence-electron chi connectivity index (χ4n) is 2.36. The lowest BCUT2D eigenvalue weighted by Gasteiger charge is -2.21. The van der Waals surface area contributed by atoms with E-state index in [0.29, 0.717) is 12.5 Å². The van der Waals surface area contributed by atoms with Gasteiger partial charge in [-0.05, 0) is 30.9 Å². The molecule has 1 fully saturated rings. The van der Waals surface area contributed by atoms with Gasteiger partial charge in [0.15, 0.2) is 0 Å². The SMILES string of the molecule is O=C(NCC1CCCCC1)Nc1ccccc1F. The van der Waals surface area contributed by atoms with Gasteiger partial charge in [-0.25, -0.2) is 9.18 Å². The lowest BCUT2D eigenvalue weighted by molar-refractivity contribution is 0.247. The molecule has 0 atom stereocenters. The van der Waals surface area contributed by atoms with Crippen LogP contribution >= 0.6 is 0 Å². The molecular formula is C14H19FN2O. The average molecular weight is 250 g/mol. The summed E-state index contributed by atoms with van der Waals surface area (Å²) in [7, 11) is 0. The van der Waals surface area contributed by atoms with Crippen molar-refractivity contribution in [2.75, 3.05) is 11.9 Å². The van der Waals surface area contributed by atoms with E-state index in [0.717, 1.165) is 0 Å². The van der Waals surface area contributed by atoms with Crippen molar-refractivity contribution < 1.29 is 9.18 Å². The van der Waals surface area contributed by atoms with Crippen molar-refractivity contribution >= 4 is 11.7 Å². The second-order valence-corrected chi connectivity index (χ2v) is 4.82. The zero-order valence-corrected chi connectivity index (χ0v) is 10.4. The van der Waals surface area contributed by atoms with Gasteiger partial charge >= 0.3 is 6.03 Å². The van der Waals surface area contributed by atoms with Gasteiger partial charge in [-0.2, -0.15) is 0 Å². The van der Waals surface area contributed by atoms with E-state index in [2.05, 4.69) is 10.6 Å². The normalized spacial score (nSPS) is 16.3. The molecular weight excluding hydrogens is 231 g/mol. The Bertz CT molecular complexity index is 403. The fraction of sp³-hybridized carbons (Fsp3) is 0.500.